The number of morpholine rings is 1. The lowest BCUT2D eigenvalue weighted by Gasteiger charge is -2.27. The van der Waals surface area contributed by atoms with E-state index in [0.717, 1.165) is 10.4 Å². The summed E-state index contributed by atoms with van der Waals surface area (Å²) in [4.78, 5) is 35.8. The number of hydrogen-bond donors (Lipinski definition) is 2. The van der Waals surface area contributed by atoms with E-state index in [1.165, 1.54) is 23.5 Å². The lowest BCUT2D eigenvalue weighted by molar-refractivity contribution is -0.121. The van der Waals surface area contributed by atoms with Crippen LogP contribution >= 0.6 is 11.3 Å². The molecule has 1 aliphatic rings. The predicted molar refractivity (Wildman–Crippen MR) is 122 cm³/mol. The molecule has 4 rings (SSSR count). The van der Waals surface area contributed by atoms with Crippen molar-refractivity contribution in [3.05, 3.63) is 79.6 Å². The molecule has 2 N–H and O–H groups in total. The van der Waals surface area contributed by atoms with Gasteiger partial charge in [-0.1, -0.05) is 18.2 Å². The van der Waals surface area contributed by atoms with Crippen molar-refractivity contribution in [2.24, 2.45) is 0 Å². The highest BCUT2D eigenvalue weighted by Crippen LogP contribution is 2.26. The van der Waals surface area contributed by atoms with Crippen LogP contribution in [0.15, 0.2) is 46.6 Å². The first-order chi connectivity index (χ1) is 15.5. The number of ether oxygens (including phenoxy) is 1. The van der Waals surface area contributed by atoms with Gasteiger partial charge in [-0.25, -0.2) is 9.37 Å². The molecular weight excluding hydrogens is 431 g/mol. The van der Waals surface area contributed by atoms with Crippen molar-refractivity contribution in [1.29, 1.82) is 0 Å². The number of nitrogens with zero attached hydrogens (tertiary/aromatic N) is 2. The number of carbonyl (C=O) groups excluding carboxylic acids is 1. The standard InChI is InChI=1S/C23H25FN4O3S/c1-15-18(22(30)27-23(25-15)28-10-12-31-13-11-28)8-9-20(29)26-21(19-3-2-14-32-19)16-4-6-17(24)7-5-16/h2-7,14,21H,8-13H2,1H3,(H,26,29)(H,25,27,30)/t21-/m1/s1. The smallest absolute Gasteiger partial charge is 0.255 e. The lowest BCUT2D eigenvalue weighted by atomic mass is 10.0. The van der Waals surface area contributed by atoms with Crippen molar-refractivity contribution in [2.45, 2.75) is 25.8 Å². The molecule has 2 aromatic heterocycles. The molecule has 0 spiro atoms. The van der Waals surface area contributed by atoms with E-state index in [-0.39, 0.29) is 36.2 Å². The fraction of sp³-hybridized carbons (Fsp3) is 0.348. The molecule has 3 heterocycles. The quantitative estimate of drug-likeness (QED) is 0.571. The summed E-state index contributed by atoms with van der Waals surface area (Å²) in [5.41, 5.74) is 1.70. The van der Waals surface area contributed by atoms with Gasteiger partial charge in [0.05, 0.1) is 19.3 Å². The number of thiophene rings is 1. The summed E-state index contributed by atoms with van der Waals surface area (Å²) < 4.78 is 18.7. The van der Waals surface area contributed by atoms with Crippen molar-refractivity contribution < 1.29 is 13.9 Å². The normalized spacial score (nSPS) is 14.9. The van der Waals surface area contributed by atoms with Crippen LogP contribution in [0.4, 0.5) is 10.3 Å². The van der Waals surface area contributed by atoms with E-state index < -0.39 is 0 Å². The van der Waals surface area contributed by atoms with Gasteiger partial charge in [0.25, 0.3) is 5.56 Å². The van der Waals surface area contributed by atoms with E-state index >= 15 is 0 Å². The third-order valence-corrected chi connectivity index (χ3v) is 6.40. The van der Waals surface area contributed by atoms with E-state index in [4.69, 9.17) is 4.74 Å². The fourth-order valence-electron chi connectivity index (χ4n) is 3.72. The zero-order valence-corrected chi connectivity index (χ0v) is 18.6. The van der Waals surface area contributed by atoms with Gasteiger partial charge >= 0.3 is 0 Å². The predicted octanol–water partition coefficient (Wildman–Crippen LogP) is 2.95. The molecule has 7 nitrogen and oxygen atoms in total. The molecule has 1 amide bonds. The van der Waals surface area contributed by atoms with E-state index in [1.807, 2.05) is 22.4 Å². The van der Waals surface area contributed by atoms with Crippen LogP contribution in [0.3, 0.4) is 0 Å². The number of anilines is 1. The van der Waals surface area contributed by atoms with Crippen molar-refractivity contribution in [3.8, 4) is 0 Å². The first-order valence-corrected chi connectivity index (χ1v) is 11.4. The van der Waals surface area contributed by atoms with Gasteiger partial charge in [0.1, 0.15) is 5.82 Å². The lowest BCUT2D eigenvalue weighted by Crippen LogP contribution is -2.38. The second-order valence-electron chi connectivity index (χ2n) is 7.62. The van der Waals surface area contributed by atoms with Gasteiger partial charge in [0.15, 0.2) is 0 Å². The average Bonchev–Trinajstić information content (AvgIpc) is 3.33. The Morgan fingerprint density at radius 3 is 2.69 bits per heavy atom. The Bertz CT molecular complexity index is 1110. The van der Waals surface area contributed by atoms with Gasteiger partial charge in [-0.3, -0.25) is 14.6 Å². The summed E-state index contributed by atoms with van der Waals surface area (Å²) >= 11 is 1.52. The van der Waals surface area contributed by atoms with Crippen molar-refractivity contribution in [2.75, 3.05) is 31.2 Å². The molecule has 1 aliphatic heterocycles. The van der Waals surface area contributed by atoms with Gasteiger partial charge < -0.3 is 15.0 Å². The first-order valence-electron chi connectivity index (χ1n) is 10.5. The summed E-state index contributed by atoms with van der Waals surface area (Å²) in [5, 5.41) is 4.95. The van der Waals surface area contributed by atoms with Gasteiger partial charge in [0, 0.05) is 35.6 Å². The monoisotopic (exact) mass is 456 g/mol. The zero-order chi connectivity index (χ0) is 22.5. The second-order valence-corrected chi connectivity index (χ2v) is 8.60. The Morgan fingerprint density at radius 2 is 2.03 bits per heavy atom. The molecule has 0 aliphatic carbocycles. The number of nitrogens with one attached hydrogen (secondary N) is 2. The van der Waals surface area contributed by atoms with Crippen LogP contribution in [0.2, 0.25) is 0 Å². The highest BCUT2D eigenvalue weighted by molar-refractivity contribution is 7.10. The number of aryl methyl sites for hydroxylation is 1. The van der Waals surface area contributed by atoms with Crippen LogP contribution in [-0.4, -0.2) is 42.2 Å². The van der Waals surface area contributed by atoms with E-state index in [0.29, 0.717) is 43.5 Å². The van der Waals surface area contributed by atoms with Crippen molar-refractivity contribution in [3.63, 3.8) is 0 Å². The molecule has 0 unspecified atom stereocenters. The van der Waals surface area contributed by atoms with Gasteiger partial charge in [0.2, 0.25) is 11.9 Å². The Hall–Kier alpha value is -3.04. The van der Waals surface area contributed by atoms with Crippen LogP contribution in [0.25, 0.3) is 0 Å². The van der Waals surface area contributed by atoms with Crippen molar-refractivity contribution >= 4 is 23.2 Å². The number of carbonyl (C=O) groups is 1. The minimum absolute atomic E-state index is 0.144. The fourth-order valence-corrected chi connectivity index (χ4v) is 4.52. The summed E-state index contributed by atoms with van der Waals surface area (Å²) in [6.07, 6.45) is 0.426. The number of rotatable bonds is 7. The maximum Gasteiger partial charge on any atom is 0.255 e. The van der Waals surface area contributed by atoms with Gasteiger partial charge in [-0.15, -0.1) is 11.3 Å². The Kier molecular flexibility index (Phi) is 6.96. The summed E-state index contributed by atoms with van der Waals surface area (Å²) in [6, 6.07) is 9.57. The van der Waals surface area contributed by atoms with Gasteiger partial charge in [-0.05, 0) is 42.5 Å². The molecule has 32 heavy (non-hydrogen) atoms. The van der Waals surface area contributed by atoms with E-state index in [1.54, 1.807) is 19.1 Å². The van der Waals surface area contributed by atoms with Crippen LogP contribution in [0, 0.1) is 12.7 Å². The molecule has 0 bridgehead atoms. The number of amides is 1. The second kappa shape index (κ2) is 10.1. The Morgan fingerprint density at radius 1 is 1.28 bits per heavy atom. The van der Waals surface area contributed by atoms with Crippen LogP contribution < -0.4 is 15.8 Å². The highest BCUT2D eigenvalue weighted by atomic mass is 32.1. The molecule has 1 aromatic carbocycles. The average molecular weight is 457 g/mol. The molecule has 1 saturated heterocycles. The molecule has 1 fully saturated rings. The van der Waals surface area contributed by atoms with Crippen LogP contribution in [-0.2, 0) is 16.0 Å². The first kappa shape index (κ1) is 22.2. The van der Waals surface area contributed by atoms with E-state index in [9.17, 15) is 14.0 Å². The molecule has 0 saturated carbocycles. The SMILES string of the molecule is Cc1nc(N2CCOCC2)[nH]c(=O)c1CCC(=O)N[C@H](c1ccc(F)cc1)c1cccs1. The third kappa shape index (κ3) is 5.23. The van der Waals surface area contributed by atoms with Gasteiger partial charge in [-0.2, -0.15) is 0 Å². The third-order valence-electron chi connectivity index (χ3n) is 5.46. The largest absolute Gasteiger partial charge is 0.378 e. The molecule has 3 aromatic rings. The molecule has 168 valence electrons. The number of benzene rings is 1. The molecule has 9 heteroatoms. The summed E-state index contributed by atoms with van der Waals surface area (Å²) in [6.45, 7) is 4.35. The Balaban J connectivity index is 1.44. The number of H-pyrrole nitrogens is 1. The Labute approximate surface area is 189 Å². The number of hydrogen-bond acceptors (Lipinski definition) is 6. The highest BCUT2D eigenvalue weighted by Gasteiger charge is 2.20. The molecule has 0 radical (unpaired) electrons. The molecular formula is C23H25FN4O3S. The van der Waals surface area contributed by atoms with Crippen molar-refractivity contribution in [1.82, 2.24) is 15.3 Å². The minimum atomic E-state index is -0.371. The van der Waals surface area contributed by atoms with Crippen LogP contribution in [0.5, 0.6) is 0 Å². The van der Waals surface area contributed by atoms with Crippen LogP contribution in [0.1, 0.15) is 34.2 Å². The number of halogens is 1. The summed E-state index contributed by atoms with van der Waals surface area (Å²) in [5.74, 6) is 0.0228. The van der Waals surface area contributed by atoms with E-state index in [2.05, 4.69) is 15.3 Å². The minimum Gasteiger partial charge on any atom is -0.378 e. The maximum atomic E-state index is 13.4. The maximum absolute atomic E-state index is 13.4. The topological polar surface area (TPSA) is 87.3 Å². The number of aromatic nitrogens is 2. The zero-order valence-electron chi connectivity index (χ0n) is 17.8. The number of aromatic amines is 1. The summed E-state index contributed by atoms with van der Waals surface area (Å²) in [7, 11) is 0. The molecule has 1 atom stereocenters.